The average Bonchev–Trinajstić information content (AvgIpc) is 2.84. The second-order valence-electron chi connectivity index (χ2n) is 4.69. The predicted molar refractivity (Wildman–Crippen MR) is 67.0 cm³/mol. The molecule has 1 saturated heterocycles. The van der Waals surface area contributed by atoms with Crippen LogP contribution in [0.3, 0.4) is 0 Å². The van der Waals surface area contributed by atoms with Crippen molar-refractivity contribution in [3.63, 3.8) is 0 Å². The maximum absolute atomic E-state index is 12.7. The van der Waals surface area contributed by atoms with E-state index in [9.17, 15) is 14.3 Å². The molecular weight excluding hydrogens is 233 g/mol. The van der Waals surface area contributed by atoms with Crippen molar-refractivity contribution in [3.05, 3.63) is 35.6 Å². The van der Waals surface area contributed by atoms with E-state index in [0.29, 0.717) is 18.5 Å². The van der Waals surface area contributed by atoms with Crippen LogP contribution < -0.4 is 0 Å². The Hall–Kier alpha value is -1.26. The zero-order valence-electron chi connectivity index (χ0n) is 10.3. The summed E-state index contributed by atoms with van der Waals surface area (Å²) in [6, 6.07) is 5.85. The molecule has 0 aromatic heterocycles. The highest BCUT2D eigenvalue weighted by molar-refractivity contribution is 5.96. The van der Waals surface area contributed by atoms with Crippen molar-refractivity contribution in [1.82, 2.24) is 4.90 Å². The third kappa shape index (κ3) is 3.15. The van der Waals surface area contributed by atoms with Crippen LogP contribution in [-0.4, -0.2) is 41.5 Å². The highest BCUT2D eigenvalue weighted by Crippen LogP contribution is 2.17. The van der Waals surface area contributed by atoms with E-state index >= 15 is 0 Å². The molecule has 1 unspecified atom stereocenters. The Morgan fingerprint density at radius 2 is 2.11 bits per heavy atom. The highest BCUT2D eigenvalue weighted by Gasteiger charge is 2.23. The summed E-state index contributed by atoms with van der Waals surface area (Å²) >= 11 is 0. The number of benzene rings is 1. The van der Waals surface area contributed by atoms with Crippen molar-refractivity contribution >= 4 is 5.78 Å². The number of halogens is 1. The van der Waals surface area contributed by atoms with Gasteiger partial charge in [0, 0.05) is 24.6 Å². The number of carbonyl (C=O) groups is 1. The molecule has 0 amide bonds. The quantitative estimate of drug-likeness (QED) is 0.812. The second-order valence-corrected chi connectivity index (χ2v) is 4.69. The lowest BCUT2D eigenvalue weighted by molar-refractivity contribution is 0.0945. The van der Waals surface area contributed by atoms with Gasteiger partial charge < -0.3 is 5.11 Å². The van der Waals surface area contributed by atoms with E-state index < -0.39 is 0 Å². The summed E-state index contributed by atoms with van der Waals surface area (Å²) in [7, 11) is 0. The molecule has 1 N–H and O–H groups in total. The number of aliphatic hydroxyl groups excluding tert-OH is 1. The van der Waals surface area contributed by atoms with E-state index in [1.807, 2.05) is 0 Å². The minimum atomic E-state index is -0.327. The SMILES string of the molecule is O=C(CCN1CCCC1CO)c1ccc(F)cc1. The molecule has 1 aromatic rings. The molecule has 1 aliphatic heterocycles. The summed E-state index contributed by atoms with van der Waals surface area (Å²) in [5.41, 5.74) is 0.552. The molecule has 1 heterocycles. The van der Waals surface area contributed by atoms with E-state index in [1.54, 1.807) is 0 Å². The zero-order chi connectivity index (χ0) is 13.0. The van der Waals surface area contributed by atoms with E-state index in [-0.39, 0.29) is 24.2 Å². The fraction of sp³-hybridized carbons (Fsp3) is 0.500. The summed E-state index contributed by atoms with van der Waals surface area (Å²) < 4.78 is 12.7. The summed E-state index contributed by atoms with van der Waals surface area (Å²) in [6.45, 7) is 1.77. The third-order valence-electron chi connectivity index (χ3n) is 3.50. The number of rotatable bonds is 5. The van der Waals surface area contributed by atoms with E-state index in [4.69, 9.17) is 0 Å². The normalized spacial score (nSPS) is 20.2. The van der Waals surface area contributed by atoms with Crippen molar-refractivity contribution in [2.45, 2.75) is 25.3 Å². The van der Waals surface area contributed by atoms with Crippen LogP contribution in [0, 0.1) is 5.82 Å². The first-order valence-electron chi connectivity index (χ1n) is 6.34. The minimum absolute atomic E-state index is 0.0265. The summed E-state index contributed by atoms with van der Waals surface area (Å²) in [6.07, 6.45) is 2.50. The van der Waals surface area contributed by atoms with E-state index in [2.05, 4.69) is 4.90 Å². The van der Waals surface area contributed by atoms with Crippen molar-refractivity contribution < 1.29 is 14.3 Å². The largest absolute Gasteiger partial charge is 0.395 e. The summed E-state index contributed by atoms with van der Waals surface area (Å²) in [5.74, 6) is -0.301. The molecule has 0 saturated carbocycles. The van der Waals surface area contributed by atoms with Crippen LogP contribution >= 0.6 is 0 Å². The van der Waals surface area contributed by atoms with Gasteiger partial charge in [0.05, 0.1) is 6.61 Å². The number of aliphatic hydroxyl groups is 1. The number of hydrogen-bond donors (Lipinski definition) is 1. The maximum atomic E-state index is 12.7. The molecule has 98 valence electrons. The summed E-state index contributed by atoms with van der Waals surface area (Å²) in [5, 5.41) is 9.18. The Balaban J connectivity index is 1.86. The van der Waals surface area contributed by atoms with Gasteiger partial charge in [-0.15, -0.1) is 0 Å². The first-order valence-corrected chi connectivity index (χ1v) is 6.34. The van der Waals surface area contributed by atoms with Crippen LogP contribution in [0.4, 0.5) is 4.39 Å². The molecule has 0 spiro atoms. The molecule has 1 atom stereocenters. The van der Waals surface area contributed by atoms with Gasteiger partial charge in [0.2, 0.25) is 0 Å². The van der Waals surface area contributed by atoms with Gasteiger partial charge in [-0.25, -0.2) is 4.39 Å². The monoisotopic (exact) mass is 251 g/mol. The van der Waals surface area contributed by atoms with Crippen molar-refractivity contribution in [3.8, 4) is 0 Å². The Kier molecular flexibility index (Phi) is 4.44. The highest BCUT2D eigenvalue weighted by atomic mass is 19.1. The van der Waals surface area contributed by atoms with E-state index in [1.165, 1.54) is 24.3 Å². The van der Waals surface area contributed by atoms with Crippen molar-refractivity contribution in [2.24, 2.45) is 0 Å². The number of carbonyl (C=O) groups excluding carboxylic acids is 1. The molecule has 1 fully saturated rings. The van der Waals surface area contributed by atoms with Gasteiger partial charge in [0.25, 0.3) is 0 Å². The Bertz CT molecular complexity index is 405. The first-order chi connectivity index (χ1) is 8.70. The fourth-order valence-electron chi connectivity index (χ4n) is 2.42. The van der Waals surface area contributed by atoms with Gasteiger partial charge in [0.1, 0.15) is 5.82 Å². The lowest BCUT2D eigenvalue weighted by Crippen LogP contribution is -2.33. The lowest BCUT2D eigenvalue weighted by atomic mass is 10.1. The van der Waals surface area contributed by atoms with Crippen LogP contribution in [0.25, 0.3) is 0 Å². The number of ketones is 1. The molecular formula is C14H18FNO2. The van der Waals surface area contributed by atoms with Crippen LogP contribution in [0.15, 0.2) is 24.3 Å². The lowest BCUT2D eigenvalue weighted by Gasteiger charge is -2.21. The maximum Gasteiger partial charge on any atom is 0.164 e. The third-order valence-corrected chi connectivity index (χ3v) is 3.50. The first kappa shape index (κ1) is 13.2. The zero-order valence-corrected chi connectivity index (χ0v) is 10.3. The van der Waals surface area contributed by atoms with E-state index in [0.717, 1.165) is 19.4 Å². The second kappa shape index (κ2) is 6.07. The molecule has 4 heteroatoms. The summed E-state index contributed by atoms with van der Waals surface area (Å²) in [4.78, 5) is 14.1. The number of likely N-dealkylation sites (tertiary alicyclic amines) is 1. The fourth-order valence-corrected chi connectivity index (χ4v) is 2.42. The average molecular weight is 251 g/mol. The number of Topliss-reactive ketones (excluding diaryl/α,β-unsaturated/α-hetero) is 1. The topological polar surface area (TPSA) is 40.5 Å². The molecule has 0 bridgehead atoms. The van der Waals surface area contributed by atoms with Gasteiger partial charge >= 0.3 is 0 Å². The Morgan fingerprint density at radius 3 is 2.78 bits per heavy atom. The predicted octanol–water partition coefficient (Wildman–Crippen LogP) is 1.86. The molecule has 1 aromatic carbocycles. The van der Waals surface area contributed by atoms with Crippen LogP contribution in [-0.2, 0) is 0 Å². The number of hydrogen-bond acceptors (Lipinski definition) is 3. The molecule has 1 aliphatic rings. The molecule has 0 aliphatic carbocycles. The molecule has 3 nitrogen and oxygen atoms in total. The smallest absolute Gasteiger partial charge is 0.164 e. The van der Waals surface area contributed by atoms with Crippen molar-refractivity contribution in [2.75, 3.05) is 19.7 Å². The Morgan fingerprint density at radius 1 is 1.39 bits per heavy atom. The minimum Gasteiger partial charge on any atom is -0.395 e. The van der Waals surface area contributed by atoms with Gasteiger partial charge in [-0.1, -0.05) is 0 Å². The van der Waals surface area contributed by atoms with Crippen molar-refractivity contribution in [1.29, 1.82) is 0 Å². The van der Waals surface area contributed by atoms with Gasteiger partial charge in [-0.2, -0.15) is 0 Å². The molecule has 2 rings (SSSR count). The van der Waals surface area contributed by atoms with Crippen LogP contribution in [0.1, 0.15) is 29.6 Å². The Labute approximate surface area is 106 Å². The van der Waals surface area contributed by atoms with Gasteiger partial charge in [0.15, 0.2) is 5.78 Å². The standard InChI is InChI=1S/C14H18FNO2/c15-12-5-3-11(4-6-12)14(18)7-9-16-8-1-2-13(16)10-17/h3-6,13,17H,1-2,7-10H2. The number of nitrogens with zero attached hydrogens (tertiary/aromatic N) is 1. The molecule has 0 radical (unpaired) electrons. The van der Waals surface area contributed by atoms with Gasteiger partial charge in [-0.05, 0) is 43.7 Å². The van der Waals surface area contributed by atoms with Crippen LogP contribution in [0.2, 0.25) is 0 Å². The van der Waals surface area contributed by atoms with Crippen LogP contribution in [0.5, 0.6) is 0 Å². The van der Waals surface area contributed by atoms with Gasteiger partial charge in [-0.3, -0.25) is 9.69 Å². The molecule has 18 heavy (non-hydrogen) atoms.